The number of aliphatic hydroxyl groups excluding tert-OH is 1. The van der Waals surface area contributed by atoms with Crippen molar-refractivity contribution in [1.82, 2.24) is 0 Å². The van der Waals surface area contributed by atoms with Crippen LogP contribution in [-0.2, 0) is 9.53 Å². The molecule has 242 valence electrons. The number of benzene rings is 1. The zero-order chi connectivity index (χ0) is 31.9. The van der Waals surface area contributed by atoms with E-state index in [1.165, 1.54) is 44.6 Å². The molecule has 0 spiro atoms. The van der Waals surface area contributed by atoms with Gasteiger partial charge in [0.05, 0.1) is 18.3 Å². The van der Waals surface area contributed by atoms with E-state index in [1.54, 1.807) is 24.3 Å². The van der Waals surface area contributed by atoms with Gasteiger partial charge in [-0.05, 0) is 141 Å². The molecule has 5 aliphatic rings. The van der Waals surface area contributed by atoms with E-state index in [2.05, 4.69) is 48.1 Å². The minimum Gasteiger partial charge on any atom is -0.461 e. The molecule has 6 rings (SSSR count). The van der Waals surface area contributed by atoms with Crippen LogP contribution in [0.15, 0.2) is 36.4 Å². The highest BCUT2D eigenvalue weighted by atomic mass is 16.5. The van der Waals surface area contributed by atoms with Crippen molar-refractivity contribution >= 4 is 11.9 Å². The van der Waals surface area contributed by atoms with Crippen LogP contribution in [0.5, 0.6) is 5.75 Å². The number of hydrogen-bond donors (Lipinski definition) is 1. The van der Waals surface area contributed by atoms with Gasteiger partial charge in [0.2, 0.25) is 0 Å². The standard InChI is InChI=1S/C39H56O5/c1-24(2)28-14-19-39(23-43-34(42)26-10-9-11-27(22-26)44-25(3)40)21-20-37(7)29(33(28)39)12-13-31-36(6)17-16-32(41)35(4,5)30(36)15-18-38(31,37)8/h9-11,22,28-33,41H,1,12-21,23H2,2-8H3/t28-,29+,30+,31+,32-,33+,36-,37+,38+,39+/m0/s1. The summed E-state index contributed by atoms with van der Waals surface area (Å²) in [5, 5.41) is 11.0. The monoisotopic (exact) mass is 604 g/mol. The molecule has 0 radical (unpaired) electrons. The Morgan fingerprint density at radius 1 is 0.886 bits per heavy atom. The predicted octanol–water partition coefficient (Wildman–Crippen LogP) is 8.79. The van der Waals surface area contributed by atoms with E-state index in [0.29, 0.717) is 47.5 Å². The Hall–Kier alpha value is -2.14. The van der Waals surface area contributed by atoms with E-state index < -0.39 is 5.97 Å². The lowest BCUT2D eigenvalue weighted by Gasteiger charge is -2.73. The van der Waals surface area contributed by atoms with Crippen LogP contribution in [-0.4, -0.2) is 29.8 Å². The molecule has 1 aromatic rings. The number of hydrogen-bond acceptors (Lipinski definition) is 5. The summed E-state index contributed by atoms with van der Waals surface area (Å²) in [5.74, 6) is 2.35. The first-order valence-corrected chi connectivity index (χ1v) is 17.4. The molecule has 0 aliphatic heterocycles. The molecule has 5 heteroatoms. The van der Waals surface area contributed by atoms with Gasteiger partial charge in [-0.25, -0.2) is 4.79 Å². The highest BCUT2D eigenvalue weighted by Gasteiger charge is 2.71. The molecule has 5 aliphatic carbocycles. The summed E-state index contributed by atoms with van der Waals surface area (Å²) in [6.45, 7) is 21.1. The Kier molecular flexibility index (Phi) is 7.75. The Balaban J connectivity index is 1.28. The Morgan fingerprint density at radius 2 is 1.64 bits per heavy atom. The lowest BCUT2D eigenvalue weighted by molar-refractivity contribution is -0.249. The van der Waals surface area contributed by atoms with Crippen LogP contribution >= 0.6 is 0 Å². The van der Waals surface area contributed by atoms with Crippen LogP contribution < -0.4 is 4.74 Å². The highest BCUT2D eigenvalue weighted by molar-refractivity contribution is 5.90. The summed E-state index contributed by atoms with van der Waals surface area (Å²) >= 11 is 0. The first-order valence-electron chi connectivity index (χ1n) is 17.4. The summed E-state index contributed by atoms with van der Waals surface area (Å²) in [6, 6.07) is 6.76. The van der Waals surface area contributed by atoms with Gasteiger partial charge in [0, 0.05) is 12.3 Å². The topological polar surface area (TPSA) is 72.8 Å². The van der Waals surface area contributed by atoms with E-state index in [1.807, 2.05) is 0 Å². The fraction of sp³-hybridized carbons (Fsp3) is 0.744. The van der Waals surface area contributed by atoms with Gasteiger partial charge in [0.15, 0.2) is 0 Å². The van der Waals surface area contributed by atoms with E-state index >= 15 is 0 Å². The number of fused-ring (bicyclic) bond motifs is 7. The van der Waals surface area contributed by atoms with Crippen LogP contribution in [0.4, 0.5) is 0 Å². The molecule has 0 amide bonds. The molecule has 5 nitrogen and oxygen atoms in total. The summed E-state index contributed by atoms with van der Waals surface area (Å²) in [5.41, 5.74) is 2.38. The van der Waals surface area contributed by atoms with Crippen molar-refractivity contribution in [1.29, 1.82) is 0 Å². The van der Waals surface area contributed by atoms with Gasteiger partial charge in [0.25, 0.3) is 0 Å². The van der Waals surface area contributed by atoms with Crippen LogP contribution in [0.25, 0.3) is 0 Å². The third-order valence-corrected chi connectivity index (χ3v) is 15.0. The van der Waals surface area contributed by atoms with Gasteiger partial charge in [-0.1, -0.05) is 52.8 Å². The molecule has 5 fully saturated rings. The molecule has 1 N–H and O–H groups in total. The molecule has 0 unspecified atom stereocenters. The van der Waals surface area contributed by atoms with Crippen LogP contribution in [0.3, 0.4) is 0 Å². The number of allylic oxidation sites excluding steroid dienone is 1. The summed E-state index contributed by atoms with van der Waals surface area (Å²) < 4.78 is 11.4. The zero-order valence-electron chi connectivity index (χ0n) is 28.3. The second kappa shape index (κ2) is 10.7. The highest BCUT2D eigenvalue weighted by Crippen LogP contribution is 2.77. The van der Waals surface area contributed by atoms with Gasteiger partial charge in [-0.3, -0.25) is 4.79 Å². The van der Waals surface area contributed by atoms with Gasteiger partial charge >= 0.3 is 11.9 Å². The second-order valence-electron chi connectivity index (χ2n) is 17.1. The van der Waals surface area contributed by atoms with Gasteiger partial charge in [0.1, 0.15) is 5.75 Å². The normalized spacial score (nSPS) is 43.9. The SMILES string of the molecule is C=C(C)[C@@H]1CC[C@]2(COC(=O)c3cccc(OC(C)=O)c3)CC[C@]3(C)[C@H](CC[C@@H]4[C@@]5(C)CC[C@H](O)C(C)(C)[C@H]5CC[C@]43C)[C@@H]12. The Morgan fingerprint density at radius 3 is 2.34 bits per heavy atom. The average Bonchev–Trinajstić information content (AvgIpc) is 3.34. The number of aliphatic hydroxyl groups is 1. The molecule has 0 bridgehead atoms. The lowest BCUT2D eigenvalue weighted by atomic mass is 9.32. The van der Waals surface area contributed by atoms with Gasteiger partial charge < -0.3 is 14.6 Å². The number of rotatable bonds is 5. The van der Waals surface area contributed by atoms with Crippen LogP contribution in [0.1, 0.15) is 123 Å². The van der Waals surface area contributed by atoms with E-state index in [9.17, 15) is 14.7 Å². The number of carbonyl (C=O) groups is 2. The van der Waals surface area contributed by atoms with Crippen molar-refractivity contribution < 1.29 is 24.2 Å². The predicted molar refractivity (Wildman–Crippen MR) is 173 cm³/mol. The fourth-order valence-corrected chi connectivity index (χ4v) is 12.7. The first-order chi connectivity index (χ1) is 20.6. The van der Waals surface area contributed by atoms with Crippen molar-refractivity contribution in [3.8, 4) is 5.75 Å². The Bertz CT molecular complexity index is 1330. The molecule has 0 saturated heterocycles. The third kappa shape index (κ3) is 4.56. The Labute approximate surface area is 265 Å². The molecule has 44 heavy (non-hydrogen) atoms. The van der Waals surface area contributed by atoms with Crippen LogP contribution in [0, 0.1) is 56.7 Å². The lowest BCUT2D eigenvalue weighted by Crippen LogP contribution is -2.66. The summed E-state index contributed by atoms with van der Waals surface area (Å²) in [4.78, 5) is 24.8. The molecule has 10 atom stereocenters. The summed E-state index contributed by atoms with van der Waals surface area (Å²) in [7, 11) is 0. The average molecular weight is 605 g/mol. The summed E-state index contributed by atoms with van der Waals surface area (Å²) in [6.07, 6.45) is 11.3. The number of carbonyl (C=O) groups excluding carboxylic acids is 2. The number of esters is 2. The molecule has 5 saturated carbocycles. The maximum atomic E-state index is 13.4. The van der Waals surface area contributed by atoms with Crippen molar-refractivity contribution in [2.75, 3.05) is 6.61 Å². The minimum atomic E-state index is -0.407. The van der Waals surface area contributed by atoms with Gasteiger partial charge in [-0.15, -0.1) is 0 Å². The van der Waals surface area contributed by atoms with E-state index in [4.69, 9.17) is 9.47 Å². The van der Waals surface area contributed by atoms with Crippen molar-refractivity contribution in [3.63, 3.8) is 0 Å². The zero-order valence-corrected chi connectivity index (χ0v) is 28.3. The largest absolute Gasteiger partial charge is 0.461 e. The number of ether oxygens (including phenoxy) is 2. The van der Waals surface area contributed by atoms with Crippen molar-refractivity contribution in [2.45, 2.75) is 119 Å². The fourth-order valence-electron chi connectivity index (χ4n) is 12.7. The molecule has 0 aromatic heterocycles. The van der Waals surface area contributed by atoms with Crippen LogP contribution in [0.2, 0.25) is 0 Å². The molecular weight excluding hydrogens is 548 g/mol. The maximum absolute atomic E-state index is 13.4. The second-order valence-corrected chi connectivity index (χ2v) is 17.1. The minimum absolute atomic E-state index is 0.0296. The molecule has 1 aromatic carbocycles. The third-order valence-electron chi connectivity index (χ3n) is 15.0. The smallest absolute Gasteiger partial charge is 0.338 e. The quantitative estimate of drug-likeness (QED) is 0.207. The van der Waals surface area contributed by atoms with Crippen molar-refractivity contribution in [2.24, 2.45) is 56.7 Å². The molecule has 0 heterocycles. The van der Waals surface area contributed by atoms with E-state index in [-0.39, 0.29) is 39.1 Å². The molecular formula is C39H56O5. The first kappa shape index (κ1) is 31.8. The van der Waals surface area contributed by atoms with Crippen molar-refractivity contribution in [3.05, 3.63) is 42.0 Å². The van der Waals surface area contributed by atoms with Gasteiger partial charge in [-0.2, -0.15) is 0 Å². The maximum Gasteiger partial charge on any atom is 0.338 e. The van der Waals surface area contributed by atoms with E-state index in [0.717, 1.165) is 32.1 Å².